The molecule has 2 rings (SSSR count). The monoisotopic (exact) mass is 313 g/mol. The normalized spacial score (nSPS) is 10.6. The van der Waals surface area contributed by atoms with Crippen LogP contribution in [0.5, 0.6) is 0 Å². The van der Waals surface area contributed by atoms with Crippen molar-refractivity contribution in [2.24, 2.45) is 0 Å². The molecule has 0 atom stereocenters. The lowest BCUT2D eigenvalue weighted by Crippen LogP contribution is -2.02. The van der Waals surface area contributed by atoms with Crippen LogP contribution in [0, 0.1) is 5.82 Å². The summed E-state index contributed by atoms with van der Waals surface area (Å²) in [6.07, 6.45) is 0. The molecule has 0 saturated carbocycles. The van der Waals surface area contributed by atoms with E-state index in [1.54, 1.807) is 6.92 Å². The maximum absolute atomic E-state index is 13.7. The van der Waals surface area contributed by atoms with Gasteiger partial charge in [-0.25, -0.2) is 9.18 Å². The quantitative estimate of drug-likeness (QED) is 0.945. The molecule has 0 unspecified atom stereocenters. The van der Waals surface area contributed by atoms with Crippen LogP contribution in [-0.4, -0.2) is 26.1 Å². The zero-order valence-electron chi connectivity index (χ0n) is 9.39. The third-order valence-corrected chi connectivity index (χ3v) is 2.82. The van der Waals surface area contributed by atoms with E-state index in [0.29, 0.717) is 11.0 Å². The second-order valence-corrected chi connectivity index (χ2v) is 4.43. The highest BCUT2D eigenvalue weighted by molar-refractivity contribution is 9.10. The first-order valence-corrected chi connectivity index (χ1v) is 5.96. The molecule has 0 fully saturated rings. The molecule has 1 aromatic carbocycles. The van der Waals surface area contributed by atoms with E-state index in [2.05, 4.69) is 26.1 Å². The van der Waals surface area contributed by atoms with Crippen molar-refractivity contribution in [3.8, 4) is 11.3 Å². The van der Waals surface area contributed by atoms with E-state index in [4.69, 9.17) is 5.11 Å². The fourth-order valence-corrected chi connectivity index (χ4v) is 1.85. The fourth-order valence-electron chi connectivity index (χ4n) is 1.49. The number of carboxylic acid groups (broad SMARTS) is 1. The van der Waals surface area contributed by atoms with Crippen LogP contribution in [0.1, 0.15) is 17.4 Å². The van der Waals surface area contributed by atoms with E-state index >= 15 is 0 Å². The summed E-state index contributed by atoms with van der Waals surface area (Å²) in [5.74, 6) is -1.77. The SMILES string of the molecule is CCn1nc(C(=O)O)c(-c2cc(Br)ccc2F)n1. The second-order valence-electron chi connectivity index (χ2n) is 3.52. The lowest BCUT2D eigenvalue weighted by Gasteiger charge is -2.00. The maximum atomic E-state index is 13.7. The van der Waals surface area contributed by atoms with E-state index in [1.807, 2.05) is 0 Å². The van der Waals surface area contributed by atoms with Gasteiger partial charge >= 0.3 is 5.97 Å². The Labute approximate surface area is 110 Å². The molecule has 94 valence electrons. The molecular weight excluding hydrogens is 305 g/mol. The Morgan fingerprint density at radius 1 is 1.50 bits per heavy atom. The number of rotatable bonds is 3. The highest BCUT2D eigenvalue weighted by Gasteiger charge is 2.21. The number of halogens is 2. The van der Waals surface area contributed by atoms with Gasteiger partial charge in [0.15, 0.2) is 5.69 Å². The van der Waals surface area contributed by atoms with Gasteiger partial charge in [0.25, 0.3) is 0 Å². The Hall–Kier alpha value is -1.76. The third kappa shape index (κ3) is 2.26. The van der Waals surface area contributed by atoms with Crippen molar-refractivity contribution in [1.29, 1.82) is 0 Å². The highest BCUT2D eigenvalue weighted by Crippen LogP contribution is 2.26. The average Bonchev–Trinajstić information content (AvgIpc) is 2.76. The molecular formula is C11H9BrFN3O2. The zero-order valence-corrected chi connectivity index (χ0v) is 11.0. The third-order valence-electron chi connectivity index (χ3n) is 2.32. The van der Waals surface area contributed by atoms with E-state index in [-0.39, 0.29) is 17.0 Å². The van der Waals surface area contributed by atoms with Crippen molar-refractivity contribution in [2.45, 2.75) is 13.5 Å². The van der Waals surface area contributed by atoms with Gasteiger partial charge in [-0.15, -0.1) is 5.10 Å². The van der Waals surface area contributed by atoms with Crippen molar-refractivity contribution >= 4 is 21.9 Å². The van der Waals surface area contributed by atoms with Crippen molar-refractivity contribution in [2.75, 3.05) is 0 Å². The Kier molecular flexibility index (Phi) is 3.42. The lowest BCUT2D eigenvalue weighted by atomic mass is 10.1. The molecule has 1 N–H and O–H groups in total. The Balaban J connectivity index is 2.65. The average molecular weight is 314 g/mol. The number of aromatic carboxylic acids is 1. The minimum atomic E-state index is -1.23. The van der Waals surface area contributed by atoms with Gasteiger partial charge in [0.1, 0.15) is 11.5 Å². The van der Waals surface area contributed by atoms with Gasteiger partial charge < -0.3 is 5.11 Å². The Morgan fingerprint density at radius 2 is 2.22 bits per heavy atom. The number of carboxylic acids is 1. The smallest absolute Gasteiger partial charge is 0.358 e. The summed E-state index contributed by atoms with van der Waals surface area (Å²) in [5, 5.41) is 16.8. The minimum absolute atomic E-state index is 0.0307. The van der Waals surface area contributed by atoms with Crippen molar-refractivity contribution in [3.63, 3.8) is 0 Å². The van der Waals surface area contributed by atoms with E-state index in [1.165, 1.54) is 23.0 Å². The van der Waals surface area contributed by atoms with Crippen molar-refractivity contribution in [3.05, 3.63) is 34.2 Å². The van der Waals surface area contributed by atoms with Crippen LogP contribution in [-0.2, 0) is 6.54 Å². The second kappa shape index (κ2) is 4.85. The molecule has 18 heavy (non-hydrogen) atoms. The van der Waals surface area contributed by atoms with Crippen LogP contribution in [0.4, 0.5) is 4.39 Å². The largest absolute Gasteiger partial charge is 0.476 e. The minimum Gasteiger partial charge on any atom is -0.476 e. The summed E-state index contributed by atoms with van der Waals surface area (Å²) in [6.45, 7) is 2.18. The van der Waals surface area contributed by atoms with Gasteiger partial charge in [-0.1, -0.05) is 15.9 Å². The standard InChI is InChI=1S/C11H9BrFN3O2/c1-2-16-14-9(10(15-16)11(17)18)7-5-6(12)3-4-8(7)13/h3-5H,2H2,1H3,(H,17,18). The molecule has 0 saturated heterocycles. The summed E-state index contributed by atoms with van der Waals surface area (Å²) in [5.41, 5.74) is -0.113. The highest BCUT2D eigenvalue weighted by atomic mass is 79.9. The summed E-state index contributed by atoms with van der Waals surface area (Å²) >= 11 is 3.21. The molecule has 7 heteroatoms. The topological polar surface area (TPSA) is 68.0 Å². The molecule has 0 aliphatic rings. The first-order valence-electron chi connectivity index (χ1n) is 5.16. The van der Waals surface area contributed by atoms with Crippen LogP contribution in [0.2, 0.25) is 0 Å². The van der Waals surface area contributed by atoms with Crippen LogP contribution < -0.4 is 0 Å². The number of aryl methyl sites for hydroxylation is 1. The first kappa shape index (κ1) is 12.7. The summed E-state index contributed by atoms with van der Waals surface area (Å²) < 4.78 is 14.4. The van der Waals surface area contributed by atoms with Crippen LogP contribution in [0.15, 0.2) is 22.7 Å². The van der Waals surface area contributed by atoms with E-state index in [9.17, 15) is 9.18 Å². The van der Waals surface area contributed by atoms with Crippen LogP contribution in [0.3, 0.4) is 0 Å². The predicted molar refractivity (Wildman–Crippen MR) is 65.7 cm³/mol. The number of aromatic nitrogens is 3. The molecule has 0 spiro atoms. The zero-order chi connectivity index (χ0) is 13.3. The van der Waals surface area contributed by atoms with Crippen LogP contribution in [0.25, 0.3) is 11.3 Å². The van der Waals surface area contributed by atoms with Crippen LogP contribution >= 0.6 is 15.9 Å². The fraction of sp³-hybridized carbons (Fsp3) is 0.182. The molecule has 1 aromatic heterocycles. The number of nitrogens with zero attached hydrogens (tertiary/aromatic N) is 3. The number of hydrogen-bond donors (Lipinski definition) is 1. The van der Waals surface area contributed by atoms with Gasteiger partial charge in [0.05, 0.1) is 6.54 Å². The van der Waals surface area contributed by atoms with Gasteiger partial charge in [-0.3, -0.25) is 0 Å². The molecule has 0 amide bonds. The molecule has 2 aromatic rings. The summed E-state index contributed by atoms with van der Waals surface area (Å²) in [7, 11) is 0. The van der Waals surface area contributed by atoms with Gasteiger partial charge in [-0.05, 0) is 25.1 Å². The summed E-state index contributed by atoms with van der Waals surface area (Å²) in [6, 6.07) is 4.26. The molecule has 0 aliphatic heterocycles. The predicted octanol–water partition coefficient (Wildman–Crippen LogP) is 2.56. The van der Waals surface area contributed by atoms with Crippen molar-refractivity contribution in [1.82, 2.24) is 15.0 Å². The van der Waals surface area contributed by atoms with Gasteiger partial charge in [0.2, 0.25) is 0 Å². The Bertz CT molecular complexity index is 612. The molecule has 0 aliphatic carbocycles. The van der Waals surface area contributed by atoms with Gasteiger partial charge in [-0.2, -0.15) is 9.90 Å². The molecule has 1 heterocycles. The Morgan fingerprint density at radius 3 is 2.83 bits per heavy atom. The number of benzene rings is 1. The molecule has 0 radical (unpaired) electrons. The first-order chi connectivity index (χ1) is 8.52. The lowest BCUT2D eigenvalue weighted by molar-refractivity contribution is 0.0690. The summed E-state index contributed by atoms with van der Waals surface area (Å²) in [4.78, 5) is 12.3. The number of carbonyl (C=O) groups is 1. The maximum Gasteiger partial charge on any atom is 0.358 e. The van der Waals surface area contributed by atoms with E-state index < -0.39 is 11.8 Å². The molecule has 5 nitrogen and oxygen atoms in total. The molecule has 0 bridgehead atoms. The van der Waals surface area contributed by atoms with Crippen molar-refractivity contribution < 1.29 is 14.3 Å². The number of hydrogen-bond acceptors (Lipinski definition) is 3. The van der Waals surface area contributed by atoms with Gasteiger partial charge in [0, 0.05) is 10.0 Å². The van der Waals surface area contributed by atoms with E-state index in [0.717, 1.165) is 0 Å².